The van der Waals surface area contributed by atoms with Crippen LogP contribution >= 0.6 is 11.8 Å². The number of carbonyl (C=O) groups excluding carboxylic acids is 1. The molecular weight excluding hydrogens is 330 g/mol. The van der Waals surface area contributed by atoms with Crippen LogP contribution in [0.3, 0.4) is 0 Å². The molecule has 4 rings (SSSR count). The molecule has 0 radical (unpaired) electrons. The van der Waals surface area contributed by atoms with Crippen LogP contribution in [-0.4, -0.2) is 35.6 Å². The Kier molecular flexibility index (Phi) is 4.85. The average Bonchev–Trinajstić information content (AvgIpc) is 2.63. The SMILES string of the molecule is CCCSC(=O)Oc1ccc2c(c1)[C@@]13CCCC[C@H]1[C@@H](C2)N(C)CC3. The van der Waals surface area contributed by atoms with Gasteiger partial charge in [0.15, 0.2) is 0 Å². The van der Waals surface area contributed by atoms with Crippen LogP contribution in [-0.2, 0) is 11.8 Å². The van der Waals surface area contributed by atoms with E-state index in [1.807, 2.05) is 6.07 Å². The van der Waals surface area contributed by atoms with Crippen LogP contribution in [0, 0.1) is 5.92 Å². The minimum absolute atomic E-state index is 0.170. The Bertz CT molecular complexity index is 661. The second-order valence-electron chi connectivity index (χ2n) is 8.03. The number of piperidine rings is 1. The van der Waals surface area contributed by atoms with Gasteiger partial charge in [-0.1, -0.05) is 25.8 Å². The van der Waals surface area contributed by atoms with E-state index in [-0.39, 0.29) is 5.30 Å². The Balaban J connectivity index is 1.66. The van der Waals surface area contributed by atoms with E-state index < -0.39 is 0 Å². The van der Waals surface area contributed by atoms with Crippen molar-refractivity contribution in [3.05, 3.63) is 29.3 Å². The lowest BCUT2D eigenvalue weighted by Crippen LogP contribution is -2.59. The van der Waals surface area contributed by atoms with E-state index in [4.69, 9.17) is 4.74 Å². The summed E-state index contributed by atoms with van der Waals surface area (Å²) in [7, 11) is 2.30. The minimum atomic E-state index is -0.170. The van der Waals surface area contributed by atoms with Gasteiger partial charge in [0.25, 0.3) is 0 Å². The first kappa shape index (κ1) is 17.4. The number of rotatable bonds is 3. The molecule has 1 aromatic carbocycles. The van der Waals surface area contributed by atoms with Crippen molar-refractivity contribution in [3.63, 3.8) is 0 Å². The van der Waals surface area contributed by atoms with Crippen LogP contribution in [0.2, 0.25) is 0 Å². The Morgan fingerprint density at radius 1 is 1.36 bits per heavy atom. The van der Waals surface area contributed by atoms with Crippen molar-refractivity contribution in [3.8, 4) is 5.75 Å². The van der Waals surface area contributed by atoms with Gasteiger partial charge in [-0.05, 0) is 86.6 Å². The van der Waals surface area contributed by atoms with Gasteiger partial charge in [-0.2, -0.15) is 0 Å². The second kappa shape index (κ2) is 6.96. The molecule has 0 aromatic heterocycles. The fourth-order valence-electron chi connectivity index (χ4n) is 5.55. The van der Waals surface area contributed by atoms with Crippen LogP contribution < -0.4 is 4.74 Å². The number of hydrogen-bond acceptors (Lipinski definition) is 4. The summed E-state index contributed by atoms with van der Waals surface area (Å²) in [4.78, 5) is 14.6. The van der Waals surface area contributed by atoms with Crippen LogP contribution in [0.5, 0.6) is 5.75 Å². The van der Waals surface area contributed by atoms with E-state index in [2.05, 4.69) is 31.0 Å². The highest BCUT2D eigenvalue weighted by atomic mass is 32.2. The Morgan fingerprint density at radius 3 is 3.08 bits per heavy atom. The van der Waals surface area contributed by atoms with Crippen molar-refractivity contribution in [1.82, 2.24) is 4.90 Å². The highest BCUT2D eigenvalue weighted by Gasteiger charge is 2.53. The maximum Gasteiger partial charge on any atom is 0.372 e. The van der Waals surface area contributed by atoms with Crippen molar-refractivity contribution in [2.75, 3.05) is 19.3 Å². The molecule has 3 aliphatic rings. The van der Waals surface area contributed by atoms with Gasteiger partial charge in [-0.15, -0.1) is 0 Å². The van der Waals surface area contributed by atoms with Crippen LogP contribution in [0.25, 0.3) is 0 Å². The third kappa shape index (κ3) is 3.02. The molecular formula is C21H29NO2S. The lowest BCUT2D eigenvalue weighted by Gasteiger charge is -2.58. The van der Waals surface area contributed by atoms with Crippen LogP contribution in [0.15, 0.2) is 18.2 Å². The Labute approximate surface area is 155 Å². The van der Waals surface area contributed by atoms with Gasteiger partial charge in [0.05, 0.1) is 0 Å². The number of nitrogens with zero attached hydrogens (tertiary/aromatic N) is 1. The highest BCUT2D eigenvalue weighted by Crippen LogP contribution is 2.55. The summed E-state index contributed by atoms with van der Waals surface area (Å²) in [6, 6.07) is 7.12. The molecule has 1 heterocycles. The minimum Gasteiger partial charge on any atom is -0.418 e. The van der Waals surface area contributed by atoms with Gasteiger partial charge in [0.1, 0.15) is 5.75 Å². The third-order valence-electron chi connectivity index (χ3n) is 6.71. The van der Waals surface area contributed by atoms with Gasteiger partial charge in [-0.3, -0.25) is 0 Å². The molecule has 2 fully saturated rings. The van der Waals surface area contributed by atoms with Crippen molar-refractivity contribution in [2.45, 2.75) is 63.3 Å². The molecule has 1 aromatic rings. The molecule has 0 N–H and O–H groups in total. The lowest BCUT2D eigenvalue weighted by atomic mass is 9.52. The molecule has 1 aliphatic heterocycles. The number of fused-ring (bicyclic) bond motifs is 1. The Morgan fingerprint density at radius 2 is 2.24 bits per heavy atom. The van der Waals surface area contributed by atoms with Gasteiger partial charge in [0.2, 0.25) is 0 Å². The first-order chi connectivity index (χ1) is 12.1. The zero-order valence-electron chi connectivity index (χ0n) is 15.4. The summed E-state index contributed by atoms with van der Waals surface area (Å²) >= 11 is 1.28. The van der Waals surface area contributed by atoms with Crippen LogP contribution in [0.1, 0.15) is 56.6 Å². The van der Waals surface area contributed by atoms with Crippen molar-refractivity contribution in [1.29, 1.82) is 0 Å². The van der Waals surface area contributed by atoms with E-state index in [0.29, 0.717) is 11.5 Å². The first-order valence-corrected chi connectivity index (χ1v) is 10.8. The molecule has 3 atom stereocenters. The zero-order valence-corrected chi connectivity index (χ0v) is 16.2. The van der Waals surface area contributed by atoms with E-state index in [1.165, 1.54) is 61.5 Å². The molecule has 3 nitrogen and oxygen atoms in total. The monoisotopic (exact) mass is 359 g/mol. The molecule has 1 saturated heterocycles. The van der Waals surface area contributed by atoms with Crippen molar-refractivity contribution < 1.29 is 9.53 Å². The number of carbonyl (C=O) groups is 1. The molecule has 136 valence electrons. The maximum atomic E-state index is 12.0. The number of hydrogen-bond donors (Lipinski definition) is 0. The summed E-state index contributed by atoms with van der Waals surface area (Å²) in [6.07, 6.45) is 8.75. The molecule has 0 unspecified atom stereocenters. The van der Waals surface area contributed by atoms with Gasteiger partial charge >= 0.3 is 5.30 Å². The molecule has 2 bridgehead atoms. The fourth-order valence-corrected chi connectivity index (χ4v) is 6.08. The predicted octanol–water partition coefficient (Wildman–Crippen LogP) is 5.02. The number of thioether (sulfide) groups is 1. The first-order valence-electron chi connectivity index (χ1n) is 9.82. The zero-order chi connectivity index (χ0) is 17.4. The maximum absolute atomic E-state index is 12.0. The summed E-state index contributed by atoms with van der Waals surface area (Å²) in [5.41, 5.74) is 3.30. The molecule has 1 saturated carbocycles. The van der Waals surface area contributed by atoms with E-state index >= 15 is 0 Å². The topological polar surface area (TPSA) is 29.5 Å². The molecule has 2 aliphatic carbocycles. The summed E-state index contributed by atoms with van der Waals surface area (Å²) in [6.45, 7) is 3.27. The van der Waals surface area contributed by atoms with E-state index in [9.17, 15) is 4.79 Å². The lowest BCUT2D eigenvalue weighted by molar-refractivity contribution is 0.00276. The summed E-state index contributed by atoms with van der Waals surface area (Å²) in [5.74, 6) is 2.33. The normalized spacial score (nSPS) is 31.1. The van der Waals surface area contributed by atoms with E-state index in [0.717, 1.165) is 30.3 Å². The van der Waals surface area contributed by atoms with Crippen LogP contribution in [0.4, 0.5) is 4.79 Å². The molecule has 25 heavy (non-hydrogen) atoms. The molecule has 4 heteroatoms. The molecule has 0 amide bonds. The van der Waals surface area contributed by atoms with Gasteiger partial charge in [-0.25, -0.2) is 4.79 Å². The second-order valence-corrected chi connectivity index (χ2v) is 9.06. The van der Waals surface area contributed by atoms with Crippen molar-refractivity contribution in [2.24, 2.45) is 5.92 Å². The predicted molar refractivity (Wildman–Crippen MR) is 104 cm³/mol. The number of likely N-dealkylation sites (N-methyl/N-ethyl adjacent to an activating group) is 1. The summed E-state index contributed by atoms with van der Waals surface area (Å²) < 4.78 is 5.63. The van der Waals surface area contributed by atoms with Gasteiger partial charge < -0.3 is 9.64 Å². The fraction of sp³-hybridized carbons (Fsp3) is 0.667. The summed E-state index contributed by atoms with van der Waals surface area (Å²) in [5, 5.41) is -0.170. The molecule has 0 spiro atoms. The number of benzene rings is 1. The van der Waals surface area contributed by atoms with E-state index in [1.54, 1.807) is 0 Å². The quantitative estimate of drug-likeness (QED) is 0.709. The average molecular weight is 360 g/mol. The Hall–Kier alpha value is -1.00. The highest BCUT2D eigenvalue weighted by molar-refractivity contribution is 8.13. The standard InChI is InChI=1S/C21H29NO2S/c1-3-12-25-20(23)24-16-8-7-15-13-19-17-6-4-5-9-21(17,18(15)14-16)10-11-22(19)2/h7-8,14,17,19H,3-6,9-13H2,1-2H3/t17-,19+,21+/m0/s1. The number of ether oxygens (including phenoxy) is 1. The van der Waals surface area contributed by atoms with Gasteiger partial charge in [0, 0.05) is 17.2 Å². The largest absolute Gasteiger partial charge is 0.418 e. The smallest absolute Gasteiger partial charge is 0.372 e. The number of likely N-dealkylation sites (tertiary alicyclic amines) is 1. The van der Waals surface area contributed by atoms with Crippen molar-refractivity contribution >= 4 is 17.1 Å². The third-order valence-corrected chi connectivity index (χ3v) is 7.64.